The van der Waals surface area contributed by atoms with E-state index >= 15 is 0 Å². The Morgan fingerprint density at radius 3 is 3.22 bits per heavy atom. The summed E-state index contributed by atoms with van der Waals surface area (Å²) in [5.74, 6) is 0. The fourth-order valence-electron chi connectivity index (χ4n) is 4.70. The summed E-state index contributed by atoms with van der Waals surface area (Å²) >= 11 is 1.99. The molecule has 1 saturated carbocycles. The minimum Gasteiger partial charge on any atom is -0.365 e. The average molecular weight is 267 g/mol. The Bertz CT molecular complexity index is 399. The van der Waals surface area contributed by atoms with E-state index in [9.17, 15) is 5.11 Å². The zero-order valence-corrected chi connectivity index (χ0v) is 11.7. The molecule has 0 aromatic heterocycles. The van der Waals surface area contributed by atoms with Gasteiger partial charge in [-0.2, -0.15) is 11.8 Å². The lowest BCUT2D eigenvalue weighted by molar-refractivity contribution is -0.139. The van der Waals surface area contributed by atoms with Crippen LogP contribution in [0.25, 0.3) is 0 Å². The second-order valence-electron chi connectivity index (χ2n) is 6.09. The molecule has 4 aliphatic rings. The molecular formula is C14H21NO2S. The van der Waals surface area contributed by atoms with E-state index in [1.165, 1.54) is 31.4 Å². The number of hydrogen-bond acceptors (Lipinski definition) is 4. The van der Waals surface area contributed by atoms with Crippen molar-refractivity contribution in [3.63, 3.8) is 0 Å². The molecular weight excluding hydrogens is 246 g/mol. The number of hydrogen-bond donors (Lipinski definition) is 1. The summed E-state index contributed by atoms with van der Waals surface area (Å²) in [5, 5.41) is 10.6. The molecule has 2 bridgehead atoms. The number of ether oxygens (including phenoxy) is 1. The second kappa shape index (κ2) is 3.98. The first-order chi connectivity index (χ1) is 8.74. The molecule has 3 heterocycles. The molecule has 5 atom stereocenters. The van der Waals surface area contributed by atoms with Crippen LogP contribution in [0.2, 0.25) is 0 Å². The van der Waals surface area contributed by atoms with E-state index in [1.807, 2.05) is 17.8 Å². The van der Waals surface area contributed by atoms with Crippen LogP contribution in [0.5, 0.6) is 0 Å². The van der Waals surface area contributed by atoms with E-state index in [-0.39, 0.29) is 5.60 Å². The van der Waals surface area contributed by atoms with Crippen molar-refractivity contribution < 1.29 is 9.84 Å². The molecule has 1 aliphatic carbocycles. The summed E-state index contributed by atoms with van der Waals surface area (Å²) in [5.41, 5.74) is 1.26. The van der Waals surface area contributed by atoms with Crippen molar-refractivity contribution in [1.29, 1.82) is 0 Å². The van der Waals surface area contributed by atoms with E-state index < -0.39 is 6.29 Å². The van der Waals surface area contributed by atoms with E-state index in [1.54, 1.807) is 0 Å². The van der Waals surface area contributed by atoms with Gasteiger partial charge < -0.3 is 9.84 Å². The Morgan fingerprint density at radius 1 is 1.50 bits per heavy atom. The summed E-state index contributed by atoms with van der Waals surface area (Å²) in [4.78, 5) is 2.70. The monoisotopic (exact) mass is 267 g/mol. The summed E-state index contributed by atoms with van der Waals surface area (Å²) in [7, 11) is 0. The summed E-state index contributed by atoms with van der Waals surface area (Å²) < 4.78 is 6.02. The SMILES string of the molecule is CSC1CC2=CC(O)O[C@@]23C[C@@H]1N1CCCC[C@@H]13. The van der Waals surface area contributed by atoms with E-state index in [0.717, 1.165) is 12.8 Å². The number of aliphatic hydroxyl groups excluding tert-OH is 1. The van der Waals surface area contributed by atoms with Gasteiger partial charge >= 0.3 is 0 Å². The third kappa shape index (κ3) is 1.38. The van der Waals surface area contributed by atoms with Gasteiger partial charge in [0.15, 0.2) is 6.29 Å². The van der Waals surface area contributed by atoms with Gasteiger partial charge in [-0.1, -0.05) is 6.42 Å². The fraction of sp³-hybridized carbons (Fsp3) is 0.857. The minimum atomic E-state index is -0.664. The molecule has 3 fully saturated rings. The van der Waals surface area contributed by atoms with Gasteiger partial charge in [-0.3, -0.25) is 4.90 Å². The predicted molar refractivity (Wildman–Crippen MR) is 72.6 cm³/mol. The molecule has 4 rings (SSSR count). The van der Waals surface area contributed by atoms with Crippen molar-refractivity contribution in [3.8, 4) is 0 Å². The number of thioether (sulfide) groups is 1. The first-order valence-corrected chi connectivity index (χ1v) is 8.39. The van der Waals surface area contributed by atoms with Gasteiger partial charge in [0.05, 0.1) is 0 Å². The van der Waals surface area contributed by atoms with Crippen LogP contribution >= 0.6 is 11.8 Å². The number of rotatable bonds is 1. The molecule has 0 aromatic carbocycles. The normalized spacial score (nSPS) is 50.9. The van der Waals surface area contributed by atoms with Crippen LogP contribution in [0, 0.1) is 0 Å². The van der Waals surface area contributed by atoms with Crippen LogP contribution in [0.3, 0.4) is 0 Å². The van der Waals surface area contributed by atoms with Gasteiger partial charge in [0.25, 0.3) is 0 Å². The molecule has 3 nitrogen and oxygen atoms in total. The maximum atomic E-state index is 9.90. The minimum absolute atomic E-state index is 0.128. The number of nitrogens with zero attached hydrogens (tertiary/aromatic N) is 1. The standard InChI is InChI=1S/C14H21NO2S/c1-18-11-6-9-7-13(16)17-14(9)8-10(11)15-5-3-2-4-12(14)15/h7,10-13,16H,2-6,8H2,1H3/t10-,11?,12+,13?,14-/m0/s1. The third-order valence-corrected chi connectivity index (χ3v) is 6.48. The highest BCUT2D eigenvalue weighted by Crippen LogP contribution is 2.56. The maximum Gasteiger partial charge on any atom is 0.175 e. The molecule has 0 aromatic rings. The number of fused-ring (bicyclic) bond motifs is 3. The third-order valence-electron chi connectivity index (χ3n) is 5.39. The summed E-state index contributed by atoms with van der Waals surface area (Å²) in [6.45, 7) is 1.22. The van der Waals surface area contributed by atoms with Crippen LogP contribution in [0.4, 0.5) is 0 Å². The second-order valence-corrected chi connectivity index (χ2v) is 7.17. The van der Waals surface area contributed by atoms with Crippen LogP contribution in [0.1, 0.15) is 32.1 Å². The van der Waals surface area contributed by atoms with Gasteiger partial charge in [0.2, 0.25) is 0 Å². The lowest BCUT2D eigenvalue weighted by Gasteiger charge is -2.38. The van der Waals surface area contributed by atoms with E-state index in [0.29, 0.717) is 17.3 Å². The van der Waals surface area contributed by atoms with Crippen molar-refractivity contribution >= 4 is 11.8 Å². The summed E-state index contributed by atoms with van der Waals surface area (Å²) in [6, 6.07) is 1.18. The van der Waals surface area contributed by atoms with Crippen molar-refractivity contribution in [2.24, 2.45) is 0 Å². The molecule has 2 unspecified atom stereocenters. The maximum absolute atomic E-state index is 9.90. The van der Waals surface area contributed by atoms with Crippen molar-refractivity contribution in [2.45, 2.75) is 61.3 Å². The topological polar surface area (TPSA) is 32.7 Å². The summed E-state index contributed by atoms with van der Waals surface area (Å²) in [6.07, 6.45) is 9.63. The van der Waals surface area contributed by atoms with E-state index in [4.69, 9.17) is 4.74 Å². The average Bonchev–Trinajstić information content (AvgIpc) is 2.86. The Balaban J connectivity index is 1.77. The van der Waals surface area contributed by atoms with Crippen LogP contribution in [0.15, 0.2) is 11.6 Å². The molecule has 1 spiro atoms. The fourth-order valence-corrected chi connectivity index (χ4v) is 5.62. The lowest BCUT2D eigenvalue weighted by atomic mass is 9.77. The Hall–Kier alpha value is -0.0300. The van der Waals surface area contributed by atoms with Crippen LogP contribution in [-0.4, -0.2) is 52.0 Å². The highest BCUT2D eigenvalue weighted by Gasteiger charge is 2.62. The lowest BCUT2D eigenvalue weighted by Crippen LogP contribution is -2.48. The van der Waals surface area contributed by atoms with Gasteiger partial charge in [0.1, 0.15) is 5.60 Å². The van der Waals surface area contributed by atoms with Crippen LogP contribution in [-0.2, 0) is 4.74 Å². The zero-order chi connectivity index (χ0) is 12.3. The Kier molecular flexibility index (Phi) is 2.60. The molecule has 4 heteroatoms. The highest BCUT2D eigenvalue weighted by atomic mass is 32.2. The highest BCUT2D eigenvalue weighted by molar-refractivity contribution is 7.99. The number of piperidine rings is 1. The first kappa shape index (κ1) is 11.8. The van der Waals surface area contributed by atoms with Crippen molar-refractivity contribution in [1.82, 2.24) is 4.90 Å². The predicted octanol–water partition coefficient (Wildman–Crippen LogP) is 1.76. The van der Waals surface area contributed by atoms with Gasteiger partial charge in [0, 0.05) is 17.3 Å². The zero-order valence-electron chi connectivity index (χ0n) is 10.8. The van der Waals surface area contributed by atoms with Gasteiger partial charge in [-0.25, -0.2) is 0 Å². The Morgan fingerprint density at radius 2 is 2.39 bits per heavy atom. The van der Waals surface area contributed by atoms with Crippen molar-refractivity contribution in [2.75, 3.05) is 12.8 Å². The molecule has 1 N–H and O–H groups in total. The van der Waals surface area contributed by atoms with Gasteiger partial charge in [-0.05, 0) is 50.1 Å². The van der Waals surface area contributed by atoms with E-state index in [2.05, 4.69) is 11.2 Å². The quantitative estimate of drug-likeness (QED) is 0.734. The first-order valence-electron chi connectivity index (χ1n) is 7.10. The van der Waals surface area contributed by atoms with Crippen molar-refractivity contribution in [3.05, 3.63) is 11.6 Å². The number of aliphatic hydroxyl groups is 1. The largest absolute Gasteiger partial charge is 0.365 e. The molecule has 3 aliphatic heterocycles. The van der Waals surface area contributed by atoms with Crippen LogP contribution < -0.4 is 0 Å². The van der Waals surface area contributed by atoms with Gasteiger partial charge in [-0.15, -0.1) is 0 Å². The Labute approximate surface area is 113 Å². The smallest absolute Gasteiger partial charge is 0.175 e. The molecule has 18 heavy (non-hydrogen) atoms. The molecule has 0 amide bonds. The molecule has 2 saturated heterocycles. The molecule has 100 valence electrons. The molecule has 0 radical (unpaired) electrons.